The van der Waals surface area contributed by atoms with E-state index < -0.39 is 0 Å². The second-order valence-electron chi connectivity index (χ2n) is 6.08. The van der Waals surface area contributed by atoms with E-state index in [2.05, 4.69) is 10.1 Å². The molecule has 2 aromatic carbocycles. The van der Waals surface area contributed by atoms with Gasteiger partial charge in [0.1, 0.15) is 5.69 Å². The topological polar surface area (TPSA) is 69.8 Å². The summed E-state index contributed by atoms with van der Waals surface area (Å²) in [5, 5.41) is 5.24. The Labute approximate surface area is 143 Å². The molecule has 0 unspecified atom stereocenters. The first-order valence-corrected chi connectivity index (χ1v) is 7.96. The zero-order valence-corrected chi connectivity index (χ0v) is 14.1. The van der Waals surface area contributed by atoms with Crippen LogP contribution in [0.1, 0.15) is 29.0 Å². The van der Waals surface area contributed by atoms with Crippen LogP contribution in [0, 0.1) is 6.92 Å². The molecule has 0 aliphatic rings. The first-order valence-electron chi connectivity index (χ1n) is 7.96. The van der Waals surface area contributed by atoms with E-state index in [1.54, 1.807) is 4.57 Å². The van der Waals surface area contributed by atoms with Crippen molar-refractivity contribution in [2.24, 2.45) is 0 Å². The number of rotatable bonds is 1. The maximum Gasteiger partial charge on any atom is 0.244 e. The monoisotopic (exact) mass is 332 g/mol. The number of imidazole rings is 1. The van der Waals surface area contributed by atoms with E-state index in [9.17, 15) is 9.59 Å². The molecule has 0 fully saturated rings. The van der Waals surface area contributed by atoms with Gasteiger partial charge < -0.3 is 0 Å². The van der Waals surface area contributed by atoms with Crippen molar-refractivity contribution in [3.8, 4) is 11.5 Å². The summed E-state index contributed by atoms with van der Waals surface area (Å²) < 4.78 is 2.90. The SMILES string of the molecule is CC(=O)n1nc(-c2nc3cc(C)ccc3n2C(C)=O)c2ccccc21. The van der Waals surface area contributed by atoms with E-state index in [4.69, 9.17) is 0 Å². The lowest BCUT2D eigenvalue weighted by atomic mass is 10.2. The lowest BCUT2D eigenvalue weighted by molar-refractivity contribution is 0.0925. The zero-order valence-electron chi connectivity index (χ0n) is 14.1. The number of aromatic nitrogens is 4. The van der Waals surface area contributed by atoms with Crippen LogP contribution in [-0.2, 0) is 0 Å². The minimum atomic E-state index is -0.191. The van der Waals surface area contributed by atoms with Gasteiger partial charge in [0, 0.05) is 19.2 Å². The number of benzene rings is 2. The number of carbonyl (C=O) groups is 2. The van der Waals surface area contributed by atoms with Crippen molar-refractivity contribution < 1.29 is 9.59 Å². The Morgan fingerprint density at radius 1 is 0.960 bits per heavy atom. The molecule has 0 saturated carbocycles. The number of para-hydroxylation sites is 1. The number of nitrogens with zero attached hydrogens (tertiary/aromatic N) is 4. The molecule has 0 radical (unpaired) electrons. The van der Waals surface area contributed by atoms with Gasteiger partial charge in [0.25, 0.3) is 0 Å². The molecule has 0 N–H and O–H groups in total. The van der Waals surface area contributed by atoms with Gasteiger partial charge in [-0.2, -0.15) is 9.78 Å². The molecule has 0 aliphatic heterocycles. The summed E-state index contributed by atoms with van der Waals surface area (Å²) in [7, 11) is 0. The Balaban J connectivity index is 2.12. The molecule has 124 valence electrons. The standard InChI is InChI=1S/C19H16N4O2/c1-11-8-9-17-15(10-11)20-19(22(17)12(2)24)18-14-6-4-5-7-16(14)23(21-18)13(3)25/h4-10H,1-3H3. The number of hydrogen-bond acceptors (Lipinski definition) is 4. The first kappa shape index (κ1) is 15.3. The van der Waals surface area contributed by atoms with Crippen LogP contribution in [0.3, 0.4) is 0 Å². The third kappa shape index (κ3) is 2.26. The van der Waals surface area contributed by atoms with Crippen molar-refractivity contribution in [2.45, 2.75) is 20.8 Å². The quantitative estimate of drug-likeness (QED) is 0.533. The average molecular weight is 332 g/mol. The highest BCUT2D eigenvalue weighted by Gasteiger charge is 2.22. The fourth-order valence-corrected chi connectivity index (χ4v) is 3.14. The predicted molar refractivity (Wildman–Crippen MR) is 95.8 cm³/mol. The molecule has 2 aromatic heterocycles. The van der Waals surface area contributed by atoms with Crippen LogP contribution >= 0.6 is 0 Å². The van der Waals surface area contributed by atoms with Crippen molar-refractivity contribution in [3.05, 3.63) is 48.0 Å². The lowest BCUT2D eigenvalue weighted by Gasteiger charge is -2.03. The van der Waals surface area contributed by atoms with Crippen molar-refractivity contribution in [1.29, 1.82) is 0 Å². The Kier molecular flexibility index (Phi) is 3.28. The number of carbonyl (C=O) groups excluding carboxylic acids is 2. The molecule has 0 atom stereocenters. The smallest absolute Gasteiger partial charge is 0.244 e. The molecule has 0 aliphatic carbocycles. The number of aryl methyl sites for hydroxylation is 1. The molecule has 4 aromatic rings. The largest absolute Gasteiger partial charge is 0.274 e. The van der Waals surface area contributed by atoms with Crippen molar-refractivity contribution in [3.63, 3.8) is 0 Å². The van der Waals surface area contributed by atoms with Gasteiger partial charge in [-0.15, -0.1) is 0 Å². The third-order valence-corrected chi connectivity index (χ3v) is 4.22. The Morgan fingerprint density at radius 3 is 2.44 bits per heavy atom. The number of fused-ring (bicyclic) bond motifs is 2. The summed E-state index contributed by atoms with van der Waals surface area (Å²) in [5.41, 5.74) is 3.74. The van der Waals surface area contributed by atoms with Crippen molar-refractivity contribution >= 4 is 33.8 Å². The van der Waals surface area contributed by atoms with E-state index in [1.807, 2.05) is 49.4 Å². The lowest BCUT2D eigenvalue weighted by Crippen LogP contribution is -2.09. The van der Waals surface area contributed by atoms with E-state index in [0.717, 1.165) is 22.0 Å². The minimum absolute atomic E-state index is 0.150. The van der Waals surface area contributed by atoms with Crippen LogP contribution in [0.25, 0.3) is 33.5 Å². The van der Waals surface area contributed by atoms with Gasteiger partial charge in [0.2, 0.25) is 11.8 Å². The minimum Gasteiger partial charge on any atom is -0.274 e. The van der Waals surface area contributed by atoms with Gasteiger partial charge in [-0.25, -0.2) is 4.98 Å². The molecular weight excluding hydrogens is 316 g/mol. The highest BCUT2D eigenvalue weighted by atomic mass is 16.2. The molecule has 2 heterocycles. The fourth-order valence-electron chi connectivity index (χ4n) is 3.14. The molecular formula is C19H16N4O2. The van der Waals surface area contributed by atoms with E-state index in [0.29, 0.717) is 17.0 Å². The highest BCUT2D eigenvalue weighted by Crippen LogP contribution is 2.30. The van der Waals surface area contributed by atoms with E-state index in [-0.39, 0.29) is 11.8 Å². The molecule has 0 amide bonds. The predicted octanol–water partition coefficient (Wildman–Crippen LogP) is 3.68. The molecule has 25 heavy (non-hydrogen) atoms. The van der Waals surface area contributed by atoms with Crippen LogP contribution < -0.4 is 0 Å². The maximum absolute atomic E-state index is 12.3. The summed E-state index contributed by atoms with van der Waals surface area (Å²) in [6, 6.07) is 13.2. The third-order valence-electron chi connectivity index (χ3n) is 4.22. The normalized spacial score (nSPS) is 11.3. The van der Waals surface area contributed by atoms with Gasteiger partial charge in [-0.05, 0) is 30.7 Å². The summed E-state index contributed by atoms with van der Waals surface area (Å²) in [6.45, 7) is 4.93. The van der Waals surface area contributed by atoms with Gasteiger partial charge in [0.15, 0.2) is 5.82 Å². The summed E-state index contributed by atoms with van der Waals surface area (Å²) in [5.74, 6) is 0.107. The number of hydrogen-bond donors (Lipinski definition) is 0. The van der Waals surface area contributed by atoms with Crippen LogP contribution in [-0.4, -0.2) is 31.1 Å². The van der Waals surface area contributed by atoms with Gasteiger partial charge in [-0.1, -0.05) is 24.3 Å². The van der Waals surface area contributed by atoms with Crippen molar-refractivity contribution in [1.82, 2.24) is 19.3 Å². The molecule has 6 heteroatoms. The Hall–Kier alpha value is -3.28. The molecule has 4 rings (SSSR count). The maximum atomic E-state index is 12.3. The summed E-state index contributed by atoms with van der Waals surface area (Å²) >= 11 is 0. The molecule has 0 bridgehead atoms. The van der Waals surface area contributed by atoms with Crippen LogP contribution in [0.5, 0.6) is 0 Å². The van der Waals surface area contributed by atoms with Crippen LogP contribution in [0.15, 0.2) is 42.5 Å². The molecule has 0 spiro atoms. The average Bonchev–Trinajstić information content (AvgIpc) is 3.12. The molecule has 0 saturated heterocycles. The van der Waals surface area contributed by atoms with Gasteiger partial charge >= 0.3 is 0 Å². The van der Waals surface area contributed by atoms with Crippen LogP contribution in [0.4, 0.5) is 0 Å². The second-order valence-corrected chi connectivity index (χ2v) is 6.08. The van der Waals surface area contributed by atoms with Crippen molar-refractivity contribution in [2.75, 3.05) is 0 Å². The summed E-state index contributed by atoms with van der Waals surface area (Å²) in [4.78, 5) is 28.9. The summed E-state index contributed by atoms with van der Waals surface area (Å²) in [6.07, 6.45) is 0. The van der Waals surface area contributed by atoms with Crippen LogP contribution in [0.2, 0.25) is 0 Å². The van der Waals surface area contributed by atoms with Gasteiger partial charge in [-0.3, -0.25) is 14.2 Å². The second kappa shape index (κ2) is 5.37. The van der Waals surface area contributed by atoms with E-state index in [1.165, 1.54) is 18.5 Å². The zero-order chi connectivity index (χ0) is 17.7. The first-order chi connectivity index (χ1) is 12.0. The fraction of sp³-hybridized carbons (Fsp3) is 0.158. The Bertz CT molecular complexity index is 1170. The Morgan fingerprint density at radius 2 is 1.72 bits per heavy atom. The highest BCUT2D eigenvalue weighted by molar-refractivity contribution is 6.01. The van der Waals surface area contributed by atoms with E-state index >= 15 is 0 Å². The van der Waals surface area contributed by atoms with Gasteiger partial charge in [0.05, 0.1) is 16.6 Å². The molecule has 6 nitrogen and oxygen atoms in total.